The largest absolute Gasteiger partial charge is 0.507 e. The Hall–Kier alpha value is -2.72. The van der Waals surface area contributed by atoms with Gasteiger partial charge >= 0.3 is 0 Å². The molecule has 4 nitrogen and oxygen atoms in total. The van der Waals surface area contributed by atoms with E-state index in [-0.39, 0.29) is 11.8 Å². The summed E-state index contributed by atoms with van der Waals surface area (Å²) in [5, 5.41) is 26.7. The highest BCUT2D eigenvalue weighted by molar-refractivity contribution is 6.05. The number of aryl methyl sites for hydroxylation is 1. The quantitative estimate of drug-likeness (QED) is 0.610. The van der Waals surface area contributed by atoms with E-state index >= 15 is 0 Å². The molecule has 0 saturated heterocycles. The SMILES string of the molecule is COc1cc(C)c(-c2ccc3c(c2O)[C@@H](C)N[C@H](C)C3)c2cccc(O)c12. The van der Waals surface area contributed by atoms with Crippen LogP contribution in [-0.2, 0) is 6.42 Å². The molecule has 0 spiro atoms. The third-order valence-electron chi connectivity index (χ3n) is 5.59. The lowest BCUT2D eigenvalue weighted by Crippen LogP contribution is -2.36. The molecule has 140 valence electrons. The number of aromatic hydroxyl groups is 2. The Morgan fingerprint density at radius 3 is 2.63 bits per heavy atom. The van der Waals surface area contributed by atoms with Gasteiger partial charge in [0.1, 0.15) is 17.2 Å². The van der Waals surface area contributed by atoms with Crippen LogP contribution in [0.4, 0.5) is 0 Å². The summed E-state index contributed by atoms with van der Waals surface area (Å²) < 4.78 is 5.50. The minimum atomic E-state index is 0.0851. The molecule has 3 N–H and O–H groups in total. The van der Waals surface area contributed by atoms with Gasteiger partial charge in [-0.05, 0) is 61.4 Å². The van der Waals surface area contributed by atoms with Crippen LogP contribution in [0.25, 0.3) is 21.9 Å². The molecule has 0 saturated carbocycles. The van der Waals surface area contributed by atoms with Crippen LogP contribution in [0.2, 0.25) is 0 Å². The van der Waals surface area contributed by atoms with Crippen molar-refractivity contribution in [1.82, 2.24) is 5.32 Å². The molecule has 1 aliphatic rings. The van der Waals surface area contributed by atoms with Crippen LogP contribution in [-0.4, -0.2) is 23.4 Å². The third-order valence-corrected chi connectivity index (χ3v) is 5.59. The first-order chi connectivity index (χ1) is 12.9. The van der Waals surface area contributed by atoms with E-state index in [0.717, 1.165) is 34.1 Å². The van der Waals surface area contributed by atoms with E-state index in [2.05, 4.69) is 25.2 Å². The number of fused-ring (bicyclic) bond motifs is 2. The third kappa shape index (κ3) is 2.72. The first-order valence-electron chi connectivity index (χ1n) is 9.32. The molecular weight excluding hydrogens is 338 g/mol. The number of rotatable bonds is 2. The predicted molar refractivity (Wildman–Crippen MR) is 109 cm³/mol. The van der Waals surface area contributed by atoms with Crippen molar-refractivity contribution in [3.8, 4) is 28.4 Å². The maximum absolute atomic E-state index is 11.2. The molecule has 0 radical (unpaired) electrons. The van der Waals surface area contributed by atoms with Gasteiger partial charge in [0.25, 0.3) is 0 Å². The molecule has 3 aromatic carbocycles. The van der Waals surface area contributed by atoms with E-state index in [9.17, 15) is 10.2 Å². The van der Waals surface area contributed by atoms with Crippen molar-refractivity contribution in [2.24, 2.45) is 0 Å². The molecule has 0 aromatic heterocycles. The van der Waals surface area contributed by atoms with Crippen molar-refractivity contribution in [3.05, 3.63) is 53.1 Å². The molecule has 1 aliphatic heterocycles. The predicted octanol–water partition coefficient (Wildman–Crippen LogP) is 4.83. The average molecular weight is 363 g/mol. The molecule has 27 heavy (non-hydrogen) atoms. The van der Waals surface area contributed by atoms with Gasteiger partial charge in [0.15, 0.2) is 0 Å². The monoisotopic (exact) mass is 363 g/mol. The Morgan fingerprint density at radius 2 is 1.89 bits per heavy atom. The van der Waals surface area contributed by atoms with Crippen LogP contribution < -0.4 is 10.1 Å². The molecule has 1 heterocycles. The normalized spacial score (nSPS) is 19.1. The van der Waals surface area contributed by atoms with Gasteiger partial charge in [-0.15, -0.1) is 0 Å². The number of ether oxygens (including phenoxy) is 1. The average Bonchev–Trinajstić information content (AvgIpc) is 2.61. The van der Waals surface area contributed by atoms with Gasteiger partial charge in [0.2, 0.25) is 0 Å². The van der Waals surface area contributed by atoms with Crippen molar-refractivity contribution in [2.75, 3.05) is 7.11 Å². The van der Waals surface area contributed by atoms with Gasteiger partial charge < -0.3 is 20.3 Å². The lowest BCUT2D eigenvalue weighted by molar-refractivity contribution is 0.410. The molecule has 4 rings (SSSR count). The molecule has 3 aromatic rings. The zero-order valence-electron chi connectivity index (χ0n) is 16.1. The maximum Gasteiger partial charge on any atom is 0.130 e. The van der Waals surface area contributed by atoms with E-state index in [1.54, 1.807) is 13.2 Å². The van der Waals surface area contributed by atoms with Gasteiger partial charge in [0.05, 0.1) is 12.5 Å². The standard InChI is InChI=1S/C23H25NO3/c1-12-10-19(27-4)22-16(6-5-7-18(22)25)20(12)17-9-8-15-11-13(2)24-14(3)21(15)23(17)26/h5-10,13-14,24-26H,11H2,1-4H3/t13-,14-/m1/s1. The van der Waals surface area contributed by atoms with Gasteiger partial charge in [-0.25, -0.2) is 0 Å². The first-order valence-corrected chi connectivity index (χ1v) is 9.32. The van der Waals surface area contributed by atoms with E-state index in [4.69, 9.17) is 4.74 Å². The molecule has 0 unspecified atom stereocenters. The summed E-state index contributed by atoms with van der Waals surface area (Å²) in [5.74, 6) is 1.12. The molecule has 0 amide bonds. The summed E-state index contributed by atoms with van der Waals surface area (Å²) in [7, 11) is 1.60. The van der Waals surface area contributed by atoms with Gasteiger partial charge in [-0.1, -0.05) is 24.3 Å². The number of nitrogens with one attached hydrogen (secondary N) is 1. The van der Waals surface area contributed by atoms with E-state index in [1.807, 2.05) is 31.2 Å². The van der Waals surface area contributed by atoms with E-state index in [0.29, 0.717) is 22.9 Å². The van der Waals surface area contributed by atoms with Gasteiger partial charge in [-0.3, -0.25) is 0 Å². The highest BCUT2D eigenvalue weighted by atomic mass is 16.5. The zero-order valence-corrected chi connectivity index (χ0v) is 16.1. The summed E-state index contributed by atoms with van der Waals surface area (Å²) in [6.45, 7) is 6.25. The summed E-state index contributed by atoms with van der Waals surface area (Å²) >= 11 is 0. The number of phenols is 2. The number of benzene rings is 3. The van der Waals surface area contributed by atoms with Crippen molar-refractivity contribution >= 4 is 10.8 Å². The van der Waals surface area contributed by atoms with Crippen molar-refractivity contribution < 1.29 is 14.9 Å². The van der Waals surface area contributed by atoms with Crippen molar-refractivity contribution in [2.45, 2.75) is 39.3 Å². The maximum atomic E-state index is 11.2. The number of hydrogen-bond acceptors (Lipinski definition) is 4. The Kier molecular flexibility index (Phi) is 4.23. The lowest BCUT2D eigenvalue weighted by Gasteiger charge is -2.31. The number of hydrogen-bond donors (Lipinski definition) is 3. The van der Waals surface area contributed by atoms with E-state index in [1.165, 1.54) is 5.56 Å². The zero-order chi connectivity index (χ0) is 19.3. The Bertz CT molecular complexity index is 1040. The summed E-state index contributed by atoms with van der Waals surface area (Å²) in [5.41, 5.74) is 4.85. The van der Waals surface area contributed by atoms with Gasteiger partial charge in [-0.2, -0.15) is 0 Å². The fourth-order valence-electron chi connectivity index (χ4n) is 4.49. The molecule has 0 fully saturated rings. The van der Waals surface area contributed by atoms with Crippen LogP contribution in [0.3, 0.4) is 0 Å². The second-order valence-corrected chi connectivity index (χ2v) is 7.50. The minimum Gasteiger partial charge on any atom is -0.507 e. The summed E-state index contributed by atoms with van der Waals surface area (Å²) in [4.78, 5) is 0. The number of methoxy groups -OCH3 is 1. The summed E-state index contributed by atoms with van der Waals surface area (Å²) in [6, 6.07) is 11.9. The summed E-state index contributed by atoms with van der Waals surface area (Å²) in [6.07, 6.45) is 0.899. The van der Waals surface area contributed by atoms with Gasteiger partial charge in [0, 0.05) is 23.2 Å². The molecule has 4 heteroatoms. The van der Waals surface area contributed by atoms with Crippen LogP contribution in [0.5, 0.6) is 17.2 Å². The van der Waals surface area contributed by atoms with Crippen molar-refractivity contribution in [3.63, 3.8) is 0 Å². The molecular formula is C23H25NO3. The minimum absolute atomic E-state index is 0.0851. The van der Waals surface area contributed by atoms with Crippen LogP contribution in [0.15, 0.2) is 36.4 Å². The Labute approximate surface area is 159 Å². The van der Waals surface area contributed by atoms with Crippen LogP contribution >= 0.6 is 0 Å². The second-order valence-electron chi connectivity index (χ2n) is 7.50. The first kappa shape index (κ1) is 17.7. The Morgan fingerprint density at radius 1 is 1.11 bits per heavy atom. The highest BCUT2D eigenvalue weighted by Crippen LogP contribution is 2.46. The van der Waals surface area contributed by atoms with E-state index < -0.39 is 0 Å². The number of phenolic OH excluding ortho intramolecular Hbond substituents is 2. The fraction of sp³-hybridized carbons (Fsp3) is 0.304. The Balaban J connectivity index is 2.03. The highest BCUT2D eigenvalue weighted by Gasteiger charge is 2.26. The molecule has 2 atom stereocenters. The van der Waals surface area contributed by atoms with Crippen LogP contribution in [0.1, 0.15) is 36.6 Å². The van der Waals surface area contributed by atoms with Crippen molar-refractivity contribution in [1.29, 1.82) is 0 Å². The second kappa shape index (κ2) is 6.46. The lowest BCUT2D eigenvalue weighted by atomic mass is 9.85. The smallest absolute Gasteiger partial charge is 0.130 e. The fourth-order valence-corrected chi connectivity index (χ4v) is 4.49. The van der Waals surface area contributed by atoms with Crippen LogP contribution in [0, 0.1) is 6.92 Å². The molecule has 0 aliphatic carbocycles. The topological polar surface area (TPSA) is 61.7 Å². The molecule has 0 bridgehead atoms.